The van der Waals surface area contributed by atoms with E-state index in [1.807, 2.05) is 0 Å². The Bertz CT molecular complexity index is 694. The number of rotatable bonds is 9. The van der Waals surface area contributed by atoms with Crippen LogP contribution in [0.15, 0.2) is 36.0 Å². The number of nitrogens with two attached hydrogens (primary N) is 1. The molecule has 0 aromatic heterocycles. The van der Waals surface area contributed by atoms with Gasteiger partial charge >= 0.3 is 5.97 Å². The molecule has 8 nitrogen and oxygen atoms in total. The van der Waals surface area contributed by atoms with E-state index in [2.05, 4.69) is 5.32 Å². The summed E-state index contributed by atoms with van der Waals surface area (Å²) >= 11 is 0. The first-order valence-corrected chi connectivity index (χ1v) is 7.67. The summed E-state index contributed by atoms with van der Waals surface area (Å²) < 4.78 is 4.93. The normalized spacial score (nSPS) is 10.5. The highest BCUT2D eigenvalue weighted by Gasteiger charge is 2.17. The average Bonchev–Trinajstić information content (AvgIpc) is 2.62. The first-order chi connectivity index (χ1) is 12.1. The summed E-state index contributed by atoms with van der Waals surface area (Å²) in [7, 11) is 0. The number of hydrogen-bond donors (Lipinski definition) is 2. The van der Waals surface area contributed by atoms with Crippen LogP contribution in [0.4, 0.5) is 5.69 Å². The molecule has 2 amide bonds. The van der Waals surface area contributed by atoms with Gasteiger partial charge < -0.3 is 20.7 Å². The van der Waals surface area contributed by atoms with Crippen molar-refractivity contribution in [3.63, 3.8) is 0 Å². The molecule has 8 heteroatoms. The number of carbonyl (C=O) groups excluding carboxylic acids is 3. The van der Waals surface area contributed by atoms with Gasteiger partial charge in [-0.25, -0.2) is 4.79 Å². The Morgan fingerprint density at radius 1 is 1.40 bits per heavy atom. The summed E-state index contributed by atoms with van der Waals surface area (Å²) in [5.41, 5.74) is 5.49. The van der Waals surface area contributed by atoms with Crippen molar-refractivity contribution in [2.45, 2.75) is 13.3 Å². The quantitative estimate of drug-likeness (QED) is 0.298. The molecule has 1 rings (SSSR count). The molecule has 0 spiro atoms. The molecule has 0 saturated heterocycles. The van der Waals surface area contributed by atoms with E-state index in [4.69, 9.17) is 15.7 Å². The molecule has 0 fully saturated rings. The molecular formula is C17H20N4O4. The number of anilines is 1. The van der Waals surface area contributed by atoms with Gasteiger partial charge in [-0.3, -0.25) is 9.59 Å². The van der Waals surface area contributed by atoms with Gasteiger partial charge in [0.2, 0.25) is 6.41 Å². The monoisotopic (exact) mass is 344 g/mol. The van der Waals surface area contributed by atoms with Crippen LogP contribution in [0.1, 0.15) is 23.7 Å². The van der Waals surface area contributed by atoms with Gasteiger partial charge in [-0.1, -0.05) is 12.1 Å². The van der Waals surface area contributed by atoms with Crippen molar-refractivity contribution in [2.24, 2.45) is 5.73 Å². The van der Waals surface area contributed by atoms with Crippen LogP contribution in [0.3, 0.4) is 0 Å². The Balaban J connectivity index is 2.98. The maximum Gasteiger partial charge on any atom is 0.340 e. The van der Waals surface area contributed by atoms with Gasteiger partial charge in [0.15, 0.2) is 0 Å². The minimum absolute atomic E-state index is 0.172. The highest BCUT2D eigenvalue weighted by molar-refractivity contribution is 6.09. The number of ether oxygens (including phenoxy) is 1. The summed E-state index contributed by atoms with van der Waals surface area (Å²) in [6.07, 6.45) is 2.18. The molecule has 0 aliphatic carbocycles. The van der Waals surface area contributed by atoms with Crippen molar-refractivity contribution < 1.29 is 19.1 Å². The number of nitrogens with zero attached hydrogens (tertiary/aromatic N) is 2. The Kier molecular flexibility index (Phi) is 8.40. The standard InChI is InChI=1S/C17H20N4O4/c1-2-25-17(24)14-6-3-4-7-15(14)20-16(23)13(10-19)11-21(12-22)9-5-8-18/h3-4,6-7,11-12H,2,5,8-9,18H2,1H3,(H,20,23)/b13-11-. The molecule has 0 aliphatic heterocycles. The van der Waals surface area contributed by atoms with Gasteiger partial charge in [0.05, 0.1) is 17.9 Å². The van der Waals surface area contributed by atoms with Crippen molar-refractivity contribution in [2.75, 3.05) is 25.0 Å². The molecular weight excluding hydrogens is 324 g/mol. The molecule has 1 aromatic rings. The zero-order chi connectivity index (χ0) is 18.7. The van der Waals surface area contributed by atoms with Crippen molar-refractivity contribution >= 4 is 24.0 Å². The molecule has 0 heterocycles. The summed E-state index contributed by atoms with van der Waals surface area (Å²) in [4.78, 5) is 36.4. The fourth-order valence-electron chi connectivity index (χ4n) is 1.89. The topological polar surface area (TPSA) is 126 Å². The summed E-state index contributed by atoms with van der Waals surface area (Å²) in [5.74, 6) is -1.32. The van der Waals surface area contributed by atoms with Gasteiger partial charge in [0.25, 0.3) is 5.91 Å². The number of carbonyl (C=O) groups is 3. The van der Waals surface area contributed by atoms with E-state index in [9.17, 15) is 14.4 Å². The molecule has 1 aromatic carbocycles. The SMILES string of the molecule is CCOC(=O)c1ccccc1NC(=O)/C(C#N)=C\N(C=O)CCCN. The van der Waals surface area contributed by atoms with Crippen LogP contribution < -0.4 is 11.1 Å². The lowest BCUT2D eigenvalue weighted by molar-refractivity contribution is -0.116. The van der Waals surface area contributed by atoms with E-state index >= 15 is 0 Å². The number of nitrogens with one attached hydrogen (secondary N) is 1. The maximum atomic E-state index is 12.3. The fraction of sp³-hybridized carbons (Fsp3) is 0.294. The number of hydrogen-bond acceptors (Lipinski definition) is 6. The minimum atomic E-state index is -0.737. The lowest BCUT2D eigenvalue weighted by Gasteiger charge is -2.13. The van der Waals surface area contributed by atoms with Crippen LogP contribution in [0, 0.1) is 11.3 Å². The van der Waals surface area contributed by atoms with Crippen molar-refractivity contribution in [3.05, 3.63) is 41.6 Å². The summed E-state index contributed by atoms with van der Waals surface area (Å²) in [6.45, 7) is 2.53. The van der Waals surface area contributed by atoms with Crippen LogP contribution in [-0.4, -0.2) is 42.9 Å². The van der Waals surface area contributed by atoms with E-state index in [0.717, 1.165) is 6.20 Å². The smallest absolute Gasteiger partial charge is 0.340 e. The van der Waals surface area contributed by atoms with Crippen LogP contribution in [0.2, 0.25) is 0 Å². The second kappa shape index (κ2) is 10.6. The minimum Gasteiger partial charge on any atom is -0.462 e. The van der Waals surface area contributed by atoms with Gasteiger partial charge in [0.1, 0.15) is 11.6 Å². The third-order valence-corrected chi connectivity index (χ3v) is 3.09. The second-order valence-corrected chi connectivity index (χ2v) is 4.86. The first kappa shape index (κ1) is 19.9. The highest BCUT2D eigenvalue weighted by Crippen LogP contribution is 2.17. The molecule has 0 bridgehead atoms. The number of amides is 2. The molecule has 132 valence electrons. The zero-order valence-corrected chi connectivity index (χ0v) is 13.9. The lowest BCUT2D eigenvalue weighted by Crippen LogP contribution is -2.23. The van der Waals surface area contributed by atoms with Crippen LogP contribution in [0.25, 0.3) is 0 Å². The third kappa shape index (κ3) is 6.08. The molecule has 0 radical (unpaired) electrons. The van der Waals surface area contributed by atoms with Crippen molar-refractivity contribution in [1.29, 1.82) is 5.26 Å². The van der Waals surface area contributed by atoms with E-state index in [-0.39, 0.29) is 30.0 Å². The molecule has 25 heavy (non-hydrogen) atoms. The lowest BCUT2D eigenvalue weighted by atomic mass is 10.1. The Morgan fingerprint density at radius 2 is 2.12 bits per heavy atom. The number of para-hydroxylation sites is 1. The Morgan fingerprint density at radius 3 is 2.72 bits per heavy atom. The largest absolute Gasteiger partial charge is 0.462 e. The van der Waals surface area contributed by atoms with Crippen LogP contribution >= 0.6 is 0 Å². The van der Waals surface area contributed by atoms with Gasteiger partial charge in [-0.2, -0.15) is 5.26 Å². The molecule has 0 unspecified atom stereocenters. The number of nitriles is 1. The number of benzene rings is 1. The van der Waals surface area contributed by atoms with Gasteiger partial charge in [-0.05, 0) is 32.0 Å². The van der Waals surface area contributed by atoms with Crippen molar-refractivity contribution in [3.8, 4) is 6.07 Å². The van der Waals surface area contributed by atoms with Crippen LogP contribution in [-0.2, 0) is 14.3 Å². The number of esters is 1. The molecule has 0 saturated carbocycles. The summed E-state index contributed by atoms with van der Waals surface area (Å²) in [6, 6.07) is 8.02. The Labute approximate surface area is 145 Å². The van der Waals surface area contributed by atoms with Gasteiger partial charge in [-0.15, -0.1) is 0 Å². The molecule has 3 N–H and O–H groups in total. The van der Waals surface area contributed by atoms with E-state index < -0.39 is 11.9 Å². The molecule has 0 atom stereocenters. The maximum absolute atomic E-state index is 12.3. The second-order valence-electron chi connectivity index (χ2n) is 4.86. The van der Waals surface area contributed by atoms with Crippen LogP contribution in [0.5, 0.6) is 0 Å². The van der Waals surface area contributed by atoms with Gasteiger partial charge in [0, 0.05) is 12.7 Å². The predicted octanol–water partition coefficient (Wildman–Crippen LogP) is 1.02. The highest BCUT2D eigenvalue weighted by atomic mass is 16.5. The Hall–Kier alpha value is -3.18. The van der Waals surface area contributed by atoms with E-state index in [1.165, 1.54) is 17.0 Å². The molecule has 0 aliphatic rings. The first-order valence-electron chi connectivity index (χ1n) is 7.67. The van der Waals surface area contributed by atoms with E-state index in [1.54, 1.807) is 25.1 Å². The van der Waals surface area contributed by atoms with Crippen molar-refractivity contribution in [1.82, 2.24) is 4.90 Å². The predicted molar refractivity (Wildman–Crippen MR) is 91.2 cm³/mol. The average molecular weight is 344 g/mol. The third-order valence-electron chi connectivity index (χ3n) is 3.09. The fourth-order valence-corrected chi connectivity index (χ4v) is 1.89. The van der Waals surface area contributed by atoms with E-state index in [0.29, 0.717) is 19.4 Å². The summed E-state index contributed by atoms with van der Waals surface area (Å²) in [5, 5.41) is 11.7. The zero-order valence-electron chi connectivity index (χ0n) is 13.9.